The molecule has 0 spiro atoms. The highest BCUT2D eigenvalue weighted by Crippen LogP contribution is 2.35. The first-order valence-electron chi connectivity index (χ1n) is 8.22. The summed E-state index contributed by atoms with van der Waals surface area (Å²) in [7, 11) is -3.18. The van der Waals surface area contributed by atoms with Crippen LogP contribution in [-0.2, 0) is 26.2 Å². The van der Waals surface area contributed by atoms with E-state index in [-0.39, 0.29) is 24.2 Å². The zero-order valence-corrected chi connectivity index (χ0v) is 16.3. The van der Waals surface area contributed by atoms with E-state index >= 15 is 0 Å². The molecule has 2 heterocycles. The van der Waals surface area contributed by atoms with Crippen molar-refractivity contribution in [3.63, 3.8) is 0 Å². The fourth-order valence-electron chi connectivity index (χ4n) is 2.96. The molecule has 1 saturated heterocycles. The molecule has 1 aromatic heterocycles. The number of rotatable bonds is 5. The fourth-order valence-corrected chi connectivity index (χ4v) is 5.50. The van der Waals surface area contributed by atoms with Crippen molar-refractivity contribution in [1.29, 1.82) is 0 Å². The zero-order valence-electron chi connectivity index (χ0n) is 13.9. The summed E-state index contributed by atoms with van der Waals surface area (Å²) in [6, 6.07) is 7.81. The molecular weight excluding hydrogens is 382 g/mol. The van der Waals surface area contributed by atoms with Gasteiger partial charge in [0.2, 0.25) is 10.0 Å². The van der Waals surface area contributed by atoms with Gasteiger partial charge >= 0.3 is 5.97 Å². The zero-order chi connectivity index (χ0) is 18.0. The summed E-state index contributed by atoms with van der Waals surface area (Å²) in [5.41, 5.74) is 0. The van der Waals surface area contributed by atoms with Crippen LogP contribution in [0.15, 0.2) is 24.3 Å². The Balaban J connectivity index is 1.57. The van der Waals surface area contributed by atoms with Gasteiger partial charge in [0, 0.05) is 23.2 Å². The van der Waals surface area contributed by atoms with Gasteiger partial charge in [0.15, 0.2) is 0 Å². The number of nitrogens with zero attached hydrogens (tertiary/aromatic N) is 1. The number of esters is 1. The van der Waals surface area contributed by atoms with Crippen LogP contribution in [0, 0.1) is 5.92 Å². The van der Waals surface area contributed by atoms with Crippen molar-refractivity contribution in [2.45, 2.75) is 26.4 Å². The van der Waals surface area contributed by atoms with E-state index in [0.717, 1.165) is 15.0 Å². The highest BCUT2D eigenvalue weighted by molar-refractivity contribution is 7.89. The van der Waals surface area contributed by atoms with Gasteiger partial charge in [0.05, 0.1) is 21.6 Å². The Labute approximate surface area is 156 Å². The third-order valence-corrected chi connectivity index (χ3v) is 8.06. The molecule has 25 heavy (non-hydrogen) atoms. The van der Waals surface area contributed by atoms with E-state index in [1.807, 2.05) is 24.3 Å². The van der Waals surface area contributed by atoms with Crippen LogP contribution in [0.2, 0.25) is 5.02 Å². The Hall–Kier alpha value is -1.15. The van der Waals surface area contributed by atoms with Crippen molar-refractivity contribution in [3.05, 3.63) is 34.2 Å². The molecule has 1 aromatic carbocycles. The van der Waals surface area contributed by atoms with Crippen molar-refractivity contribution < 1.29 is 17.9 Å². The van der Waals surface area contributed by atoms with Crippen molar-refractivity contribution in [2.75, 3.05) is 18.8 Å². The number of hydrogen-bond donors (Lipinski definition) is 0. The number of carbonyl (C=O) groups excluding carboxylic acids is 1. The van der Waals surface area contributed by atoms with E-state index in [2.05, 4.69) is 0 Å². The lowest BCUT2D eigenvalue weighted by molar-refractivity contribution is -0.151. The lowest BCUT2D eigenvalue weighted by Crippen LogP contribution is -2.41. The van der Waals surface area contributed by atoms with Crippen LogP contribution < -0.4 is 0 Å². The summed E-state index contributed by atoms with van der Waals surface area (Å²) < 4.78 is 31.7. The van der Waals surface area contributed by atoms with Crippen LogP contribution in [0.5, 0.6) is 0 Å². The Morgan fingerprint density at radius 1 is 1.32 bits per heavy atom. The highest BCUT2D eigenvalue weighted by Gasteiger charge is 2.31. The maximum atomic E-state index is 12.3. The van der Waals surface area contributed by atoms with Crippen molar-refractivity contribution in [1.82, 2.24) is 4.31 Å². The molecule has 0 N–H and O–H groups in total. The maximum absolute atomic E-state index is 12.3. The van der Waals surface area contributed by atoms with Crippen LogP contribution >= 0.6 is 22.9 Å². The Kier molecular flexibility index (Phi) is 5.68. The van der Waals surface area contributed by atoms with Gasteiger partial charge < -0.3 is 4.74 Å². The van der Waals surface area contributed by atoms with Crippen molar-refractivity contribution in [2.24, 2.45) is 5.92 Å². The smallest absolute Gasteiger partial charge is 0.309 e. The standard InChI is InChI=1S/C17H20ClNO4S2/c1-2-25(21,22)19-9-7-12(8-10-19)17(20)23-11-15-16(18)13-5-3-4-6-14(13)24-15/h3-6,12H,2,7-11H2,1H3. The molecule has 1 fully saturated rings. The van der Waals surface area contributed by atoms with Crippen LogP contribution in [0.4, 0.5) is 0 Å². The first kappa shape index (κ1) is 18.6. The predicted octanol–water partition coefficient (Wildman–Crippen LogP) is 3.66. The van der Waals surface area contributed by atoms with Crippen LogP contribution in [-0.4, -0.2) is 37.5 Å². The number of thiophene rings is 1. The third kappa shape index (κ3) is 4.00. The second-order valence-electron chi connectivity index (χ2n) is 6.02. The second-order valence-corrected chi connectivity index (χ2v) is 9.79. The third-order valence-electron chi connectivity index (χ3n) is 4.49. The molecule has 2 aromatic rings. The molecule has 3 rings (SSSR count). The monoisotopic (exact) mass is 401 g/mol. The second kappa shape index (κ2) is 7.61. The normalized spacial score (nSPS) is 17.0. The minimum atomic E-state index is -3.18. The topological polar surface area (TPSA) is 63.7 Å². The van der Waals surface area contributed by atoms with Gasteiger partial charge in [-0.3, -0.25) is 4.79 Å². The SMILES string of the molecule is CCS(=O)(=O)N1CCC(C(=O)OCc2sc3ccccc3c2Cl)CC1. The quantitative estimate of drug-likeness (QED) is 0.717. The average molecular weight is 402 g/mol. The van der Waals surface area contributed by atoms with Crippen LogP contribution in [0.1, 0.15) is 24.6 Å². The molecule has 0 amide bonds. The van der Waals surface area contributed by atoms with E-state index < -0.39 is 10.0 Å². The number of piperidine rings is 1. The Morgan fingerprint density at radius 3 is 2.64 bits per heavy atom. The van der Waals surface area contributed by atoms with Gasteiger partial charge in [0.25, 0.3) is 0 Å². The summed E-state index contributed by atoms with van der Waals surface area (Å²) in [6.45, 7) is 2.54. The molecule has 0 bridgehead atoms. The molecule has 0 saturated carbocycles. The first-order valence-corrected chi connectivity index (χ1v) is 11.0. The van der Waals surface area contributed by atoms with Gasteiger partial charge in [-0.1, -0.05) is 29.8 Å². The summed E-state index contributed by atoms with van der Waals surface area (Å²) in [5, 5.41) is 1.61. The molecule has 0 atom stereocenters. The lowest BCUT2D eigenvalue weighted by atomic mass is 9.98. The molecule has 136 valence electrons. The number of carbonyl (C=O) groups is 1. The van der Waals surface area contributed by atoms with Gasteiger partial charge in [-0.05, 0) is 25.8 Å². The predicted molar refractivity (Wildman–Crippen MR) is 100 cm³/mol. The summed E-state index contributed by atoms with van der Waals surface area (Å²) in [4.78, 5) is 13.1. The first-order chi connectivity index (χ1) is 11.9. The van der Waals surface area contributed by atoms with Gasteiger partial charge in [-0.15, -0.1) is 11.3 Å². The van der Waals surface area contributed by atoms with Gasteiger partial charge in [-0.2, -0.15) is 0 Å². The highest BCUT2D eigenvalue weighted by atomic mass is 35.5. The van der Waals surface area contributed by atoms with Crippen LogP contribution in [0.25, 0.3) is 10.1 Å². The molecule has 0 radical (unpaired) electrons. The minimum absolute atomic E-state index is 0.0898. The molecule has 0 unspecified atom stereocenters. The number of sulfonamides is 1. The number of hydrogen-bond acceptors (Lipinski definition) is 5. The molecule has 5 nitrogen and oxygen atoms in total. The Morgan fingerprint density at radius 2 is 2.00 bits per heavy atom. The molecule has 0 aliphatic carbocycles. The fraction of sp³-hybridized carbons (Fsp3) is 0.471. The van der Waals surface area contributed by atoms with E-state index in [9.17, 15) is 13.2 Å². The van der Waals surface area contributed by atoms with Crippen molar-refractivity contribution >= 4 is 49.0 Å². The summed E-state index contributed by atoms with van der Waals surface area (Å²) >= 11 is 7.88. The van der Waals surface area contributed by atoms with E-state index in [1.165, 1.54) is 15.6 Å². The number of fused-ring (bicyclic) bond motifs is 1. The molecule has 1 aliphatic rings. The van der Waals surface area contributed by atoms with Gasteiger partial charge in [0.1, 0.15) is 6.61 Å². The number of ether oxygens (including phenoxy) is 1. The molecular formula is C17H20ClNO4S2. The number of benzene rings is 1. The van der Waals surface area contributed by atoms with E-state index in [4.69, 9.17) is 16.3 Å². The maximum Gasteiger partial charge on any atom is 0.309 e. The van der Waals surface area contributed by atoms with E-state index in [0.29, 0.717) is 31.0 Å². The van der Waals surface area contributed by atoms with Crippen molar-refractivity contribution in [3.8, 4) is 0 Å². The average Bonchev–Trinajstić information content (AvgIpc) is 2.96. The summed E-state index contributed by atoms with van der Waals surface area (Å²) in [6.07, 6.45) is 0.996. The molecule has 1 aliphatic heterocycles. The van der Waals surface area contributed by atoms with Crippen LogP contribution in [0.3, 0.4) is 0 Å². The minimum Gasteiger partial charge on any atom is -0.460 e. The lowest BCUT2D eigenvalue weighted by Gasteiger charge is -2.29. The largest absolute Gasteiger partial charge is 0.460 e. The van der Waals surface area contributed by atoms with E-state index in [1.54, 1.807) is 6.92 Å². The summed E-state index contributed by atoms with van der Waals surface area (Å²) in [5.74, 6) is -0.439. The number of halogens is 1. The molecule has 8 heteroatoms. The van der Waals surface area contributed by atoms with Gasteiger partial charge in [-0.25, -0.2) is 12.7 Å². The Bertz CT molecular complexity index is 870.